The van der Waals surface area contributed by atoms with Gasteiger partial charge in [-0.15, -0.1) is 0 Å². The van der Waals surface area contributed by atoms with Gasteiger partial charge >= 0.3 is 0 Å². The van der Waals surface area contributed by atoms with Crippen molar-refractivity contribution in [3.8, 4) is 22.8 Å². The van der Waals surface area contributed by atoms with E-state index in [1.807, 2.05) is 45.0 Å². The van der Waals surface area contributed by atoms with Gasteiger partial charge < -0.3 is 14.6 Å². The van der Waals surface area contributed by atoms with Crippen LogP contribution in [0.15, 0.2) is 48.5 Å². The Labute approximate surface area is 219 Å². The van der Waals surface area contributed by atoms with Crippen molar-refractivity contribution in [3.63, 3.8) is 0 Å². The molecule has 1 aromatic heterocycles. The lowest BCUT2D eigenvalue weighted by Gasteiger charge is -2.35. The Morgan fingerprint density at radius 2 is 1.73 bits per heavy atom. The van der Waals surface area contributed by atoms with Gasteiger partial charge in [-0.05, 0) is 118 Å². The number of halogens is 1. The number of hydrogen-bond acceptors (Lipinski definition) is 4. The first kappa shape index (κ1) is 25.7. The summed E-state index contributed by atoms with van der Waals surface area (Å²) in [5, 5.41) is 10.3. The molecule has 2 aliphatic rings. The van der Waals surface area contributed by atoms with Gasteiger partial charge in [0.2, 0.25) is 5.88 Å². The van der Waals surface area contributed by atoms with Crippen LogP contribution in [-0.2, 0) is 19.4 Å². The Hall–Kier alpha value is -2.92. The minimum Gasteiger partial charge on any atom is -0.489 e. The second-order valence-electron chi connectivity index (χ2n) is 11.6. The van der Waals surface area contributed by atoms with Gasteiger partial charge in [-0.1, -0.05) is 19.1 Å². The molecule has 1 fully saturated rings. The minimum atomic E-state index is -0.639. The Kier molecular flexibility index (Phi) is 7.26. The summed E-state index contributed by atoms with van der Waals surface area (Å²) >= 11 is 0. The molecule has 1 heterocycles. The molecule has 3 aromatic rings. The van der Waals surface area contributed by atoms with E-state index in [-0.39, 0.29) is 18.5 Å². The SMILES string of the molecule is Cc1nc(OC2CCC(C(C)(C)O)CC2)ccc1-c1ccc(F)c(COc2ccc3c(c2)CC(C)C3)c1. The average Bonchev–Trinajstić information content (AvgIpc) is 3.23. The fourth-order valence-corrected chi connectivity index (χ4v) is 5.88. The predicted octanol–water partition coefficient (Wildman–Crippen LogP) is 7.22. The van der Waals surface area contributed by atoms with Crippen molar-refractivity contribution >= 4 is 0 Å². The smallest absolute Gasteiger partial charge is 0.213 e. The molecule has 2 aliphatic carbocycles. The molecule has 1 N–H and O–H groups in total. The predicted molar refractivity (Wildman–Crippen MR) is 144 cm³/mol. The fraction of sp³-hybridized carbons (Fsp3) is 0.469. The van der Waals surface area contributed by atoms with Crippen molar-refractivity contribution in [1.29, 1.82) is 0 Å². The summed E-state index contributed by atoms with van der Waals surface area (Å²) in [5.74, 6) is 2.11. The second kappa shape index (κ2) is 10.4. The first-order valence-electron chi connectivity index (χ1n) is 13.6. The lowest BCUT2D eigenvalue weighted by Crippen LogP contribution is -2.36. The molecule has 0 bridgehead atoms. The molecule has 5 rings (SSSR count). The molecule has 2 aromatic carbocycles. The minimum absolute atomic E-state index is 0.119. The van der Waals surface area contributed by atoms with Crippen LogP contribution in [-0.4, -0.2) is 21.8 Å². The van der Waals surface area contributed by atoms with Crippen LogP contribution in [0.25, 0.3) is 11.1 Å². The monoisotopic (exact) mass is 503 g/mol. The number of hydrogen-bond donors (Lipinski definition) is 1. The van der Waals surface area contributed by atoms with Crippen LogP contribution in [0.2, 0.25) is 0 Å². The molecule has 0 amide bonds. The number of aromatic nitrogens is 1. The van der Waals surface area contributed by atoms with Crippen LogP contribution in [0.3, 0.4) is 0 Å². The normalized spacial score (nSPS) is 21.5. The maximum absolute atomic E-state index is 14.7. The molecule has 1 saturated carbocycles. The lowest BCUT2D eigenvalue weighted by molar-refractivity contribution is -0.0156. The molecule has 0 spiro atoms. The molecular formula is C32H38FNO3. The molecule has 0 saturated heterocycles. The van der Waals surface area contributed by atoms with Crippen molar-refractivity contribution in [3.05, 3.63) is 76.7 Å². The van der Waals surface area contributed by atoms with E-state index in [0.29, 0.717) is 23.3 Å². The number of aliphatic hydroxyl groups is 1. The lowest BCUT2D eigenvalue weighted by atomic mass is 9.78. The standard InChI is InChI=1S/C32H38FNO3/c1-20-15-22-5-9-28(18-24(22)16-20)36-19-25-17-23(6-13-30(25)33)29-12-14-31(34-21(29)2)37-27-10-7-26(8-11-27)32(3,4)35/h5-6,9,12-14,17-18,20,26-27,35H,7-8,10-11,15-16,19H2,1-4H3. The summed E-state index contributed by atoms with van der Waals surface area (Å²) in [4.78, 5) is 4.70. The van der Waals surface area contributed by atoms with Crippen LogP contribution in [0.5, 0.6) is 11.6 Å². The number of aryl methyl sites for hydroxylation is 1. The van der Waals surface area contributed by atoms with Crippen molar-refractivity contribution < 1.29 is 19.0 Å². The topological polar surface area (TPSA) is 51.6 Å². The highest BCUT2D eigenvalue weighted by Gasteiger charge is 2.32. The summed E-state index contributed by atoms with van der Waals surface area (Å²) in [7, 11) is 0. The van der Waals surface area contributed by atoms with Crippen molar-refractivity contribution in [1.82, 2.24) is 4.98 Å². The van der Waals surface area contributed by atoms with E-state index in [0.717, 1.165) is 61.1 Å². The molecule has 196 valence electrons. The van der Waals surface area contributed by atoms with Gasteiger partial charge in [0.15, 0.2) is 0 Å². The van der Waals surface area contributed by atoms with Crippen molar-refractivity contribution in [2.24, 2.45) is 11.8 Å². The molecule has 0 radical (unpaired) electrons. The zero-order valence-electron chi connectivity index (χ0n) is 22.4. The van der Waals surface area contributed by atoms with E-state index in [1.54, 1.807) is 6.07 Å². The zero-order valence-corrected chi connectivity index (χ0v) is 22.4. The highest BCUT2D eigenvalue weighted by molar-refractivity contribution is 5.67. The summed E-state index contributed by atoms with van der Waals surface area (Å²) in [5.41, 5.74) is 5.32. The Morgan fingerprint density at radius 1 is 0.973 bits per heavy atom. The summed E-state index contributed by atoms with van der Waals surface area (Å²) in [6.07, 6.45) is 6.06. The highest BCUT2D eigenvalue weighted by Crippen LogP contribution is 2.35. The molecule has 1 unspecified atom stereocenters. The van der Waals surface area contributed by atoms with Crippen LogP contribution in [0.1, 0.15) is 68.8 Å². The van der Waals surface area contributed by atoms with Crippen LogP contribution >= 0.6 is 0 Å². The number of benzene rings is 2. The van der Waals surface area contributed by atoms with Crippen LogP contribution in [0.4, 0.5) is 4.39 Å². The molecule has 0 aliphatic heterocycles. The maximum atomic E-state index is 14.7. The number of ether oxygens (including phenoxy) is 2. The Balaban J connectivity index is 1.24. The molecule has 4 nitrogen and oxygen atoms in total. The van der Waals surface area contributed by atoms with E-state index >= 15 is 0 Å². The third-order valence-electron chi connectivity index (χ3n) is 8.09. The van der Waals surface area contributed by atoms with Crippen molar-refractivity contribution in [2.75, 3.05) is 0 Å². The van der Waals surface area contributed by atoms with E-state index in [1.165, 1.54) is 17.2 Å². The third-order valence-corrected chi connectivity index (χ3v) is 8.09. The van der Waals surface area contributed by atoms with Gasteiger partial charge in [0.25, 0.3) is 0 Å². The van der Waals surface area contributed by atoms with Crippen LogP contribution in [0, 0.1) is 24.6 Å². The van der Waals surface area contributed by atoms with Gasteiger partial charge in [0.05, 0.1) is 5.60 Å². The summed E-state index contributed by atoms with van der Waals surface area (Å²) in [6.45, 7) is 8.18. The Bertz CT molecular complexity index is 1260. The fourth-order valence-electron chi connectivity index (χ4n) is 5.88. The number of fused-ring (bicyclic) bond motifs is 1. The number of rotatable bonds is 7. The number of pyridine rings is 1. The van der Waals surface area contributed by atoms with Crippen LogP contribution < -0.4 is 9.47 Å². The zero-order chi connectivity index (χ0) is 26.2. The van der Waals surface area contributed by atoms with Gasteiger partial charge in [-0.25, -0.2) is 9.37 Å². The molecule has 5 heteroatoms. The third kappa shape index (κ3) is 5.98. The summed E-state index contributed by atoms with van der Waals surface area (Å²) in [6, 6.07) is 15.3. The molecular weight excluding hydrogens is 465 g/mol. The van der Waals surface area contributed by atoms with Crippen molar-refractivity contribution in [2.45, 2.75) is 84.5 Å². The van der Waals surface area contributed by atoms with Gasteiger partial charge in [0.1, 0.15) is 24.3 Å². The molecule has 37 heavy (non-hydrogen) atoms. The highest BCUT2D eigenvalue weighted by atomic mass is 19.1. The van der Waals surface area contributed by atoms with Gasteiger partial charge in [-0.2, -0.15) is 0 Å². The average molecular weight is 504 g/mol. The second-order valence-corrected chi connectivity index (χ2v) is 11.6. The van der Waals surface area contributed by atoms with E-state index in [4.69, 9.17) is 14.5 Å². The summed E-state index contributed by atoms with van der Waals surface area (Å²) < 4.78 is 26.8. The van der Waals surface area contributed by atoms with E-state index in [2.05, 4.69) is 19.1 Å². The maximum Gasteiger partial charge on any atom is 0.213 e. The quantitative estimate of drug-likeness (QED) is 0.370. The van der Waals surface area contributed by atoms with E-state index in [9.17, 15) is 9.50 Å². The number of nitrogens with zero attached hydrogens (tertiary/aromatic N) is 1. The van der Waals surface area contributed by atoms with Gasteiger partial charge in [0, 0.05) is 22.9 Å². The van der Waals surface area contributed by atoms with E-state index < -0.39 is 5.60 Å². The first-order valence-corrected chi connectivity index (χ1v) is 13.6. The Morgan fingerprint density at radius 3 is 2.46 bits per heavy atom. The molecule has 1 atom stereocenters. The first-order chi connectivity index (χ1) is 17.7. The largest absolute Gasteiger partial charge is 0.489 e. The van der Waals surface area contributed by atoms with Gasteiger partial charge in [-0.3, -0.25) is 0 Å².